The van der Waals surface area contributed by atoms with E-state index in [1.165, 1.54) is 0 Å². The number of benzene rings is 2. The number of rotatable bonds is 8. The van der Waals surface area contributed by atoms with E-state index in [2.05, 4.69) is 22.3 Å². The quantitative estimate of drug-likeness (QED) is 0.751. The summed E-state index contributed by atoms with van der Waals surface area (Å²) in [5.41, 5.74) is 2.93. The van der Waals surface area contributed by atoms with Crippen LogP contribution in [0.4, 0.5) is 0 Å². The molecule has 2 aromatic rings. The first kappa shape index (κ1) is 18.9. The number of amides is 1. The Hall–Kier alpha value is -2.46. The van der Waals surface area contributed by atoms with E-state index in [0.29, 0.717) is 12.1 Å². The Labute approximate surface area is 149 Å². The molecule has 132 valence electrons. The summed E-state index contributed by atoms with van der Waals surface area (Å²) >= 11 is 0. The zero-order chi connectivity index (χ0) is 18.2. The summed E-state index contributed by atoms with van der Waals surface area (Å²) in [5.74, 6) is -0.0920. The lowest BCUT2D eigenvalue weighted by atomic mass is 10.0. The molecule has 0 radical (unpaired) electrons. The monoisotopic (exact) mass is 338 g/mol. The minimum atomic E-state index is -0.0942. The van der Waals surface area contributed by atoms with Crippen molar-refractivity contribution in [2.24, 2.45) is 0 Å². The van der Waals surface area contributed by atoms with Gasteiger partial charge in [-0.25, -0.2) is 0 Å². The van der Waals surface area contributed by atoms with Crippen LogP contribution in [-0.4, -0.2) is 37.2 Å². The molecule has 2 rings (SSSR count). The third-order valence-corrected chi connectivity index (χ3v) is 4.25. The molecule has 0 saturated carbocycles. The average molecular weight is 338 g/mol. The Morgan fingerprint density at radius 1 is 0.960 bits per heavy atom. The molecule has 0 aliphatic rings. The summed E-state index contributed by atoms with van der Waals surface area (Å²) in [6, 6.07) is 17.6. The van der Waals surface area contributed by atoms with Gasteiger partial charge in [0, 0.05) is 24.9 Å². The fourth-order valence-corrected chi connectivity index (χ4v) is 2.68. The second kappa shape index (κ2) is 9.14. The predicted molar refractivity (Wildman–Crippen MR) is 101 cm³/mol. The molecule has 0 aliphatic heterocycles. The van der Waals surface area contributed by atoms with Crippen LogP contribution in [0.2, 0.25) is 0 Å². The number of hydrogen-bond donors (Lipinski definition) is 1. The van der Waals surface area contributed by atoms with Gasteiger partial charge in [-0.3, -0.25) is 9.59 Å². The molecule has 0 aliphatic carbocycles. The van der Waals surface area contributed by atoms with Crippen molar-refractivity contribution in [3.05, 3.63) is 71.3 Å². The van der Waals surface area contributed by atoms with Gasteiger partial charge in [0.15, 0.2) is 5.78 Å². The molecule has 0 aromatic heterocycles. The highest BCUT2D eigenvalue weighted by Crippen LogP contribution is 2.16. The largest absolute Gasteiger partial charge is 0.354 e. The number of aryl methyl sites for hydroxylation is 1. The molecule has 4 nitrogen and oxygen atoms in total. The predicted octanol–water partition coefficient (Wildman–Crippen LogP) is 3.38. The van der Waals surface area contributed by atoms with Crippen LogP contribution in [0.5, 0.6) is 0 Å². The number of nitrogens with one attached hydrogen (secondary N) is 1. The van der Waals surface area contributed by atoms with Gasteiger partial charge in [0.2, 0.25) is 5.91 Å². The van der Waals surface area contributed by atoms with Crippen molar-refractivity contribution in [2.45, 2.75) is 25.8 Å². The number of carbonyl (C=O) groups excluding carboxylic acids is 2. The second-order valence-corrected chi connectivity index (χ2v) is 6.48. The molecule has 4 heteroatoms. The van der Waals surface area contributed by atoms with Gasteiger partial charge in [-0.05, 0) is 26.6 Å². The molecular formula is C21H26N2O2. The van der Waals surface area contributed by atoms with E-state index < -0.39 is 0 Å². The number of ketones is 1. The molecule has 0 heterocycles. The Balaban J connectivity index is 1.83. The third kappa shape index (κ3) is 5.84. The zero-order valence-electron chi connectivity index (χ0n) is 15.2. The minimum absolute atomic E-state index is 0.00219. The molecule has 0 bridgehead atoms. The Morgan fingerprint density at radius 2 is 1.60 bits per heavy atom. The zero-order valence-corrected chi connectivity index (χ0v) is 15.2. The average Bonchev–Trinajstić information content (AvgIpc) is 2.61. The van der Waals surface area contributed by atoms with Crippen LogP contribution in [0, 0.1) is 6.92 Å². The lowest BCUT2D eigenvalue weighted by Crippen LogP contribution is -2.34. The fourth-order valence-electron chi connectivity index (χ4n) is 2.68. The molecule has 1 amide bonds. The van der Waals surface area contributed by atoms with Crippen LogP contribution in [0.3, 0.4) is 0 Å². The smallest absolute Gasteiger partial charge is 0.220 e. The molecule has 1 atom stereocenters. The fraction of sp³-hybridized carbons (Fsp3) is 0.333. The Bertz CT molecular complexity index is 694. The number of carbonyl (C=O) groups is 2. The standard InChI is InChI=1S/C21H26N2O2/c1-16-9-11-18(12-10-16)20(24)13-14-21(25)22-15-19(23(2)3)17-7-5-4-6-8-17/h4-12,19H,13-15H2,1-3H3,(H,22,25)/t19-/m0/s1. The van der Waals surface area contributed by atoms with Crippen LogP contribution in [-0.2, 0) is 4.79 Å². The lowest BCUT2D eigenvalue weighted by Gasteiger charge is -2.25. The van der Waals surface area contributed by atoms with E-state index in [4.69, 9.17) is 0 Å². The van der Waals surface area contributed by atoms with Crippen LogP contribution in [0.15, 0.2) is 54.6 Å². The summed E-state index contributed by atoms with van der Waals surface area (Å²) in [4.78, 5) is 26.3. The maximum Gasteiger partial charge on any atom is 0.220 e. The van der Waals surface area contributed by atoms with Crippen LogP contribution in [0.25, 0.3) is 0 Å². The van der Waals surface area contributed by atoms with Crippen LogP contribution in [0.1, 0.15) is 40.4 Å². The topological polar surface area (TPSA) is 49.4 Å². The van der Waals surface area contributed by atoms with Crippen LogP contribution >= 0.6 is 0 Å². The van der Waals surface area contributed by atoms with Crippen molar-refractivity contribution in [3.8, 4) is 0 Å². The Kier molecular flexibility index (Phi) is 6.90. The van der Waals surface area contributed by atoms with Crippen molar-refractivity contribution in [3.63, 3.8) is 0 Å². The second-order valence-electron chi connectivity index (χ2n) is 6.48. The molecule has 0 spiro atoms. The van der Waals surface area contributed by atoms with Gasteiger partial charge in [0.25, 0.3) is 0 Å². The highest BCUT2D eigenvalue weighted by molar-refractivity contribution is 5.97. The van der Waals surface area contributed by atoms with E-state index in [9.17, 15) is 9.59 Å². The Morgan fingerprint density at radius 3 is 2.20 bits per heavy atom. The molecule has 0 unspecified atom stereocenters. The molecule has 25 heavy (non-hydrogen) atoms. The van der Waals surface area contributed by atoms with E-state index in [1.807, 2.05) is 63.5 Å². The molecule has 1 N–H and O–H groups in total. The third-order valence-electron chi connectivity index (χ3n) is 4.25. The van der Waals surface area contributed by atoms with Gasteiger partial charge < -0.3 is 10.2 Å². The number of likely N-dealkylation sites (N-methyl/N-ethyl adjacent to an activating group) is 1. The van der Waals surface area contributed by atoms with E-state index in [0.717, 1.165) is 11.1 Å². The highest BCUT2D eigenvalue weighted by Gasteiger charge is 2.15. The maximum atomic E-state index is 12.1. The van der Waals surface area contributed by atoms with Gasteiger partial charge >= 0.3 is 0 Å². The summed E-state index contributed by atoms with van der Waals surface area (Å²) in [6.07, 6.45) is 0.439. The summed E-state index contributed by atoms with van der Waals surface area (Å²) < 4.78 is 0. The first-order chi connectivity index (χ1) is 12.0. The highest BCUT2D eigenvalue weighted by atomic mass is 16.2. The summed E-state index contributed by atoms with van der Waals surface area (Å²) in [7, 11) is 3.98. The molecule has 0 saturated heterocycles. The number of hydrogen-bond acceptors (Lipinski definition) is 3. The number of nitrogens with zero attached hydrogens (tertiary/aromatic N) is 1. The van der Waals surface area contributed by atoms with Crippen LogP contribution < -0.4 is 5.32 Å². The van der Waals surface area contributed by atoms with Gasteiger partial charge in [0.05, 0.1) is 6.04 Å². The van der Waals surface area contributed by atoms with Gasteiger partial charge in [-0.15, -0.1) is 0 Å². The normalized spacial score (nSPS) is 12.0. The van der Waals surface area contributed by atoms with Crippen molar-refractivity contribution in [2.75, 3.05) is 20.6 Å². The molecular weight excluding hydrogens is 312 g/mol. The molecule has 2 aromatic carbocycles. The van der Waals surface area contributed by atoms with Gasteiger partial charge in [0.1, 0.15) is 0 Å². The summed E-state index contributed by atoms with van der Waals surface area (Å²) in [5, 5.41) is 2.95. The lowest BCUT2D eigenvalue weighted by molar-refractivity contribution is -0.121. The van der Waals surface area contributed by atoms with E-state index in [-0.39, 0.29) is 30.6 Å². The first-order valence-electron chi connectivity index (χ1n) is 8.55. The molecule has 0 fully saturated rings. The van der Waals surface area contributed by atoms with Crippen molar-refractivity contribution >= 4 is 11.7 Å². The van der Waals surface area contributed by atoms with Gasteiger partial charge in [-0.2, -0.15) is 0 Å². The van der Waals surface area contributed by atoms with Gasteiger partial charge in [-0.1, -0.05) is 60.2 Å². The first-order valence-corrected chi connectivity index (χ1v) is 8.55. The minimum Gasteiger partial charge on any atom is -0.354 e. The van der Waals surface area contributed by atoms with E-state index >= 15 is 0 Å². The SMILES string of the molecule is Cc1ccc(C(=O)CCC(=O)NC[C@@H](c2ccccc2)N(C)C)cc1. The van der Waals surface area contributed by atoms with Crippen molar-refractivity contribution in [1.82, 2.24) is 10.2 Å². The maximum absolute atomic E-state index is 12.1. The van der Waals surface area contributed by atoms with Crippen molar-refractivity contribution < 1.29 is 9.59 Å². The van der Waals surface area contributed by atoms with E-state index in [1.54, 1.807) is 0 Å². The van der Waals surface area contributed by atoms with Crippen molar-refractivity contribution in [1.29, 1.82) is 0 Å². The number of Topliss-reactive ketones (excluding diaryl/α,β-unsaturated/α-hetero) is 1. The summed E-state index contributed by atoms with van der Waals surface area (Å²) in [6.45, 7) is 2.50.